The first-order valence-electron chi connectivity index (χ1n) is 7.87. The Morgan fingerprint density at radius 2 is 1.71 bits per heavy atom. The Hall–Kier alpha value is -1.37. The molecule has 1 aromatic rings. The fraction of sp³-hybridized carbons (Fsp3) is 0.550. The van der Waals surface area contributed by atoms with Crippen LogP contribution in [-0.2, 0) is 10.2 Å². The number of carbonyl (C=O) groups excluding carboxylic acids is 1. The summed E-state index contributed by atoms with van der Waals surface area (Å²) in [7, 11) is 0. The van der Waals surface area contributed by atoms with Crippen molar-refractivity contribution in [1.29, 1.82) is 0 Å². The lowest BCUT2D eigenvalue weighted by Gasteiger charge is -2.26. The first kappa shape index (κ1) is 17.7. The van der Waals surface area contributed by atoms with Crippen LogP contribution in [0.2, 0.25) is 0 Å². The zero-order valence-electron chi connectivity index (χ0n) is 14.5. The summed E-state index contributed by atoms with van der Waals surface area (Å²) in [5.74, 6) is 0.233. The fourth-order valence-electron chi connectivity index (χ4n) is 2.71. The molecule has 0 N–H and O–H groups in total. The number of hydrogen-bond acceptors (Lipinski definition) is 1. The first-order chi connectivity index (χ1) is 9.62. The van der Waals surface area contributed by atoms with E-state index in [-0.39, 0.29) is 16.6 Å². The maximum Gasteiger partial charge on any atom is 0.155 e. The van der Waals surface area contributed by atoms with Crippen molar-refractivity contribution in [3.8, 4) is 0 Å². The van der Waals surface area contributed by atoms with Gasteiger partial charge in [0.15, 0.2) is 5.78 Å². The molecule has 21 heavy (non-hydrogen) atoms. The van der Waals surface area contributed by atoms with Gasteiger partial charge in [0.05, 0.1) is 0 Å². The van der Waals surface area contributed by atoms with Crippen LogP contribution < -0.4 is 0 Å². The Bertz CT molecular complexity index is 501. The predicted molar refractivity (Wildman–Crippen MR) is 91.7 cm³/mol. The molecular formula is C20H30O. The molecule has 0 aliphatic rings. The third-order valence-electron chi connectivity index (χ3n) is 3.82. The van der Waals surface area contributed by atoms with Gasteiger partial charge < -0.3 is 0 Å². The lowest BCUT2D eigenvalue weighted by Crippen LogP contribution is -2.18. The highest BCUT2D eigenvalue weighted by Gasteiger charge is 2.21. The summed E-state index contributed by atoms with van der Waals surface area (Å²) in [4.78, 5) is 11.8. The summed E-state index contributed by atoms with van der Waals surface area (Å²) >= 11 is 0. The second-order valence-electron chi connectivity index (χ2n) is 7.84. The van der Waals surface area contributed by atoms with Gasteiger partial charge in [0.25, 0.3) is 0 Å². The standard InChI is InChI=1S/C20H30O/c1-16-11-7-8-13-18(16)20(5,6)14-10-9-12-17(21)15-19(2,3)4/h7-9,11-13H,10,14-15H2,1-6H3/b12-9-. The minimum absolute atomic E-state index is 0.0713. The predicted octanol–water partition coefficient (Wildman–Crippen LogP) is 5.61. The third-order valence-corrected chi connectivity index (χ3v) is 3.82. The highest BCUT2D eigenvalue weighted by Crippen LogP contribution is 2.30. The van der Waals surface area contributed by atoms with Gasteiger partial charge in [-0.15, -0.1) is 0 Å². The average Bonchev–Trinajstić information content (AvgIpc) is 2.33. The average molecular weight is 286 g/mol. The molecule has 1 nitrogen and oxygen atoms in total. The van der Waals surface area contributed by atoms with Crippen molar-refractivity contribution in [2.24, 2.45) is 5.41 Å². The Morgan fingerprint density at radius 1 is 1.10 bits per heavy atom. The van der Waals surface area contributed by atoms with Crippen molar-refractivity contribution in [1.82, 2.24) is 0 Å². The number of hydrogen-bond donors (Lipinski definition) is 0. The summed E-state index contributed by atoms with van der Waals surface area (Å²) in [5, 5.41) is 0. The Morgan fingerprint density at radius 3 is 2.29 bits per heavy atom. The minimum atomic E-state index is 0.0713. The molecular weight excluding hydrogens is 256 g/mol. The Labute approximate surface area is 130 Å². The molecule has 116 valence electrons. The molecule has 0 heterocycles. The molecule has 1 aromatic carbocycles. The van der Waals surface area contributed by atoms with E-state index >= 15 is 0 Å². The van der Waals surface area contributed by atoms with Gasteiger partial charge in [0.2, 0.25) is 0 Å². The molecule has 0 unspecified atom stereocenters. The van der Waals surface area contributed by atoms with E-state index in [0.717, 1.165) is 12.8 Å². The molecule has 1 heteroatoms. The lowest BCUT2D eigenvalue weighted by molar-refractivity contribution is -0.116. The highest BCUT2D eigenvalue weighted by atomic mass is 16.1. The topological polar surface area (TPSA) is 17.1 Å². The van der Waals surface area contributed by atoms with Gasteiger partial charge >= 0.3 is 0 Å². The smallest absolute Gasteiger partial charge is 0.155 e. The van der Waals surface area contributed by atoms with Crippen LogP contribution in [0.15, 0.2) is 36.4 Å². The van der Waals surface area contributed by atoms with Gasteiger partial charge in [-0.25, -0.2) is 0 Å². The van der Waals surface area contributed by atoms with E-state index in [1.807, 2.05) is 6.08 Å². The van der Waals surface area contributed by atoms with Crippen molar-refractivity contribution in [2.45, 2.75) is 66.2 Å². The molecule has 0 radical (unpaired) electrons. The molecule has 1 rings (SSSR count). The number of rotatable bonds is 6. The van der Waals surface area contributed by atoms with Crippen LogP contribution in [0.4, 0.5) is 0 Å². The van der Waals surface area contributed by atoms with Crippen molar-refractivity contribution >= 4 is 5.78 Å². The molecule has 0 atom stereocenters. The molecule has 0 bridgehead atoms. The normalized spacial score (nSPS) is 12.9. The van der Waals surface area contributed by atoms with Gasteiger partial charge in [-0.1, -0.05) is 65.0 Å². The van der Waals surface area contributed by atoms with Gasteiger partial charge in [-0.2, -0.15) is 0 Å². The van der Waals surface area contributed by atoms with Crippen molar-refractivity contribution in [2.75, 3.05) is 0 Å². The zero-order chi connectivity index (χ0) is 16.1. The Balaban J connectivity index is 2.55. The van der Waals surface area contributed by atoms with Gasteiger partial charge in [-0.3, -0.25) is 4.79 Å². The van der Waals surface area contributed by atoms with Crippen LogP contribution in [0.1, 0.15) is 65.0 Å². The van der Waals surface area contributed by atoms with Gasteiger partial charge in [-0.05, 0) is 47.8 Å². The van der Waals surface area contributed by atoms with Crippen molar-refractivity contribution < 1.29 is 4.79 Å². The number of benzene rings is 1. The maximum atomic E-state index is 11.8. The van der Waals surface area contributed by atoms with E-state index in [1.165, 1.54) is 11.1 Å². The van der Waals surface area contributed by atoms with Crippen LogP contribution in [0.5, 0.6) is 0 Å². The molecule has 0 amide bonds. The highest BCUT2D eigenvalue weighted by molar-refractivity contribution is 5.89. The van der Waals surface area contributed by atoms with Crippen LogP contribution in [0, 0.1) is 12.3 Å². The second kappa shape index (κ2) is 7.06. The lowest BCUT2D eigenvalue weighted by atomic mass is 9.78. The number of allylic oxidation sites excluding steroid dienone is 2. The summed E-state index contributed by atoms with van der Waals surface area (Å²) in [6.07, 6.45) is 6.41. The van der Waals surface area contributed by atoms with E-state index in [9.17, 15) is 4.79 Å². The van der Waals surface area contributed by atoms with E-state index in [0.29, 0.717) is 6.42 Å². The largest absolute Gasteiger partial charge is 0.295 e. The number of carbonyl (C=O) groups is 1. The number of ketones is 1. The molecule has 0 fully saturated rings. The Kier molecular flexibility index (Phi) is 5.95. The van der Waals surface area contributed by atoms with E-state index < -0.39 is 0 Å². The molecule has 0 aliphatic carbocycles. The third kappa shape index (κ3) is 6.29. The first-order valence-corrected chi connectivity index (χ1v) is 7.87. The fourth-order valence-corrected chi connectivity index (χ4v) is 2.71. The quantitative estimate of drug-likeness (QED) is 0.621. The van der Waals surface area contributed by atoms with Crippen LogP contribution in [0.3, 0.4) is 0 Å². The van der Waals surface area contributed by atoms with E-state index in [1.54, 1.807) is 6.08 Å². The van der Waals surface area contributed by atoms with Gasteiger partial charge in [0.1, 0.15) is 0 Å². The van der Waals surface area contributed by atoms with Crippen molar-refractivity contribution in [3.63, 3.8) is 0 Å². The monoisotopic (exact) mass is 286 g/mol. The molecule has 0 spiro atoms. The molecule has 0 saturated carbocycles. The van der Waals surface area contributed by atoms with Gasteiger partial charge in [0, 0.05) is 6.42 Å². The summed E-state index contributed by atoms with van der Waals surface area (Å²) in [6, 6.07) is 8.57. The van der Waals surface area contributed by atoms with Crippen LogP contribution in [0.25, 0.3) is 0 Å². The molecule has 0 aliphatic heterocycles. The summed E-state index contributed by atoms with van der Waals surface area (Å²) in [6.45, 7) is 13.0. The second-order valence-corrected chi connectivity index (χ2v) is 7.84. The SMILES string of the molecule is Cc1ccccc1C(C)(C)CC/C=C\C(=O)CC(C)(C)C. The molecule has 0 saturated heterocycles. The maximum absolute atomic E-state index is 11.8. The summed E-state index contributed by atoms with van der Waals surface area (Å²) in [5.41, 5.74) is 2.96. The van der Waals surface area contributed by atoms with E-state index in [2.05, 4.69) is 65.8 Å². The molecule has 0 aromatic heterocycles. The van der Waals surface area contributed by atoms with Crippen molar-refractivity contribution in [3.05, 3.63) is 47.5 Å². The van der Waals surface area contributed by atoms with E-state index in [4.69, 9.17) is 0 Å². The van der Waals surface area contributed by atoms with Crippen LogP contribution in [-0.4, -0.2) is 5.78 Å². The van der Waals surface area contributed by atoms with Crippen LogP contribution >= 0.6 is 0 Å². The minimum Gasteiger partial charge on any atom is -0.295 e. The zero-order valence-corrected chi connectivity index (χ0v) is 14.5. The summed E-state index contributed by atoms with van der Waals surface area (Å²) < 4.78 is 0. The number of aryl methyl sites for hydroxylation is 1.